The first-order valence-electron chi connectivity index (χ1n) is 10.5. The largest absolute Gasteiger partial charge is 0.390 e. The number of carbonyl (C=O) groups is 1. The summed E-state index contributed by atoms with van der Waals surface area (Å²) in [4.78, 5) is 22.6. The smallest absolute Gasteiger partial charge is 0.315 e. The van der Waals surface area contributed by atoms with Crippen molar-refractivity contribution in [1.29, 1.82) is 0 Å². The zero-order chi connectivity index (χ0) is 21.3. The van der Waals surface area contributed by atoms with Crippen molar-refractivity contribution >= 4 is 11.7 Å². The minimum Gasteiger partial charge on any atom is -0.390 e. The van der Waals surface area contributed by atoms with Crippen molar-refractivity contribution in [2.24, 2.45) is 5.16 Å². The van der Waals surface area contributed by atoms with E-state index in [-0.39, 0.29) is 18.2 Å². The van der Waals surface area contributed by atoms with Crippen LogP contribution < -0.4 is 10.6 Å². The molecule has 2 unspecified atom stereocenters. The molecule has 0 fully saturated rings. The highest BCUT2D eigenvalue weighted by Gasteiger charge is 2.31. The predicted molar refractivity (Wildman–Crippen MR) is 121 cm³/mol. The summed E-state index contributed by atoms with van der Waals surface area (Å²) < 4.78 is 0. The summed E-state index contributed by atoms with van der Waals surface area (Å²) in [5.74, 6) is 0. The number of nitrogens with zero attached hydrogens (tertiary/aromatic N) is 2. The zero-order valence-electron chi connectivity index (χ0n) is 17.3. The first-order chi connectivity index (χ1) is 15.3. The highest BCUT2D eigenvalue weighted by Crippen LogP contribution is 2.20. The van der Waals surface area contributed by atoms with Crippen LogP contribution in [0.25, 0.3) is 0 Å². The minimum absolute atomic E-state index is 0.205. The second kappa shape index (κ2) is 10.4. The molecule has 1 aliphatic rings. The zero-order valence-corrected chi connectivity index (χ0v) is 17.3. The molecule has 3 aromatic rings. The van der Waals surface area contributed by atoms with E-state index in [4.69, 9.17) is 4.84 Å². The van der Waals surface area contributed by atoms with Crippen LogP contribution in [0.2, 0.25) is 0 Å². The summed E-state index contributed by atoms with van der Waals surface area (Å²) >= 11 is 0. The van der Waals surface area contributed by atoms with Crippen LogP contribution in [0.5, 0.6) is 0 Å². The fraction of sp³-hybridized carbons (Fsp3) is 0.240. The number of nitrogens with one attached hydrogen (secondary N) is 2. The Hall–Kier alpha value is -3.67. The van der Waals surface area contributed by atoms with Gasteiger partial charge < -0.3 is 15.5 Å². The quantitative estimate of drug-likeness (QED) is 0.587. The minimum atomic E-state index is -0.244. The van der Waals surface area contributed by atoms with Gasteiger partial charge in [-0.2, -0.15) is 0 Å². The third-order valence-corrected chi connectivity index (χ3v) is 5.22. The maximum Gasteiger partial charge on any atom is 0.315 e. The van der Waals surface area contributed by atoms with Crippen molar-refractivity contribution in [3.8, 4) is 0 Å². The summed E-state index contributed by atoms with van der Waals surface area (Å²) in [5, 5.41) is 10.3. The van der Waals surface area contributed by atoms with E-state index in [2.05, 4.69) is 45.0 Å². The summed E-state index contributed by atoms with van der Waals surface area (Å²) in [6.07, 6.45) is 3.61. The molecule has 0 saturated heterocycles. The van der Waals surface area contributed by atoms with Gasteiger partial charge in [-0.3, -0.25) is 4.98 Å². The lowest BCUT2D eigenvalue weighted by Crippen LogP contribution is -2.48. The molecule has 0 saturated carbocycles. The molecular weight excluding hydrogens is 388 g/mol. The molecule has 6 heteroatoms. The second-order valence-corrected chi connectivity index (χ2v) is 7.61. The number of aromatic nitrogens is 1. The van der Waals surface area contributed by atoms with Gasteiger partial charge in [0.05, 0.1) is 24.0 Å². The molecule has 4 rings (SSSR count). The number of urea groups is 1. The van der Waals surface area contributed by atoms with E-state index in [1.54, 1.807) is 6.20 Å². The SMILES string of the molecule is O=C(NCc1ccccn1)NC(Cc1ccccc1)C1CC(Cc2ccccc2)=NO1. The number of rotatable bonds is 8. The molecule has 0 radical (unpaired) electrons. The Kier molecular flexibility index (Phi) is 6.90. The molecule has 1 aromatic heterocycles. The Morgan fingerprint density at radius 2 is 1.68 bits per heavy atom. The number of hydrogen-bond donors (Lipinski definition) is 2. The van der Waals surface area contributed by atoms with Crippen LogP contribution in [0, 0.1) is 0 Å². The Labute approximate surface area is 182 Å². The van der Waals surface area contributed by atoms with E-state index in [1.165, 1.54) is 5.56 Å². The van der Waals surface area contributed by atoms with Crippen LogP contribution in [0.1, 0.15) is 23.2 Å². The molecule has 0 spiro atoms. The van der Waals surface area contributed by atoms with Crippen molar-refractivity contribution in [1.82, 2.24) is 15.6 Å². The summed E-state index contributed by atoms with van der Waals surface area (Å²) in [6, 6.07) is 25.5. The molecular formula is C25H26N4O2. The van der Waals surface area contributed by atoms with Gasteiger partial charge in [-0.1, -0.05) is 71.9 Å². The van der Waals surface area contributed by atoms with Gasteiger partial charge >= 0.3 is 6.03 Å². The lowest BCUT2D eigenvalue weighted by atomic mass is 9.96. The van der Waals surface area contributed by atoms with Gasteiger partial charge in [-0.25, -0.2) is 4.79 Å². The number of oxime groups is 1. The highest BCUT2D eigenvalue weighted by atomic mass is 16.6. The van der Waals surface area contributed by atoms with Crippen LogP contribution >= 0.6 is 0 Å². The Bertz CT molecular complexity index is 994. The maximum absolute atomic E-state index is 12.6. The fourth-order valence-corrected chi connectivity index (χ4v) is 3.64. The van der Waals surface area contributed by atoms with Crippen LogP contribution in [0.4, 0.5) is 4.79 Å². The van der Waals surface area contributed by atoms with E-state index in [1.807, 2.05) is 54.6 Å². The molecule has 2 atom stereocenters. The van der Waals surface area contributed by atoms with E-state index >= 15 is 0 Å². The standard InChI is InChI=1S/C25H26N4O2/c30-25(27-18-21-13-7-8-14-26-21)28-23(16-20-11-5-2-6-12-20)24-17-22(29-31-24)15-19-9-3-1-4-10-19/h1-14,23-24H,15-18H2,(H2,27,28,30). The molecule has 2 heterocycles. The molecule has 2 amide bonds. The fourth-order valence-electron chi connectivity index (χ4n) is 3.64. The van der Waals surface area contributed by atoms with Crippen molar-refractivity contribution in [2.45, 2.75) is 38.0 Å². The topological polar surface area (TPSA) is 75.6 Å². The Morgan fingerprint density at radius 1 is 0.968 bits per heavy atom. The first-order valence-corrected chi connectivity index (χ1v) is 10.5. The average Bonchev–Trinajstić information content (AvgIpc) is 3.28. The van der Waals surface area contributed by atoms with Crippen molar-refractivity contribution in [3.05, 3.63) is 102 Å². The van der Waals surface area contributed by atoms with E-state index in [0.29, 0.717) is 19.4 Å². The molecule has 2 aromatic carbocycles. The summed E-state index contributed by atoms with van der Waals surface area (Å²) in [5.41, 5.74) is 4.14. The van der Waals surface area contributed by atoms with Gasteiger partial charge in [0.2, 0.25) is 0 Å². The normalized spacial score (nSPS) is 16.1. The number of pyridine rings is 1. The van der Waals surface area contributed by atoms with Crippen LogP contribution in [-0.4, -0.2) is 28.9 Å². The van der Waals surface area contributed by atoms with E-state index in [9.17, 15) is 4.79 Å². The average molecular weight is 415 g/mol. The molecule has 2 N–H and O–H groups in total. The molecule has 31 heavy (non-hydrogen) atoms. The molecule has 1 aliphatic heterocycles. The van der Waals surface area contributed by atoms with Crippen LogP contribution in [0.3, 0.4) is 0 Å². The van der Waals surface area contributed by atoms with Gasteiger partial charge in [0.1, 0.15) is 0 Å². The van der Waals surface area contributed by atoms with Crippen LogP contribution in [0.15, 0.2) is 90.2 Å². The van der Waals surface area contributed by atoms with Gasteiger partial charge in [-0.15, -0.1) is 0 Å². The molecule has 158 valence electrons. The Morgan fingerprint density at radius 3 is 2.39 bits per heavy atom. The van der Waals surface area contributed by atoms with Gasteiger partial charge in [0.15, 0.2) is 6.10 Å². The summed E-state index contributed by atoms with van der Waals surface area (Å²) in [6.45, 7) is 0.367. The maximum atomic E-state index is 12.6. The van der Waals surface area contributed by atoms with Gasteiger partial charge in [0, 0.05) is 19.0 Å². The van der Waals surface area contributed by atoms with Crippen molar-refractivity contribution in [3.63, 3.8) is 0 Å². The third kappa shape index (κ3) is 6.15. The lowest BCUT2D eigenvalue weighted by molar-refractivity contribution is 0.0578. The number of amides is 2. The second-order valence-electron chi connectivity index (χ2n) is 7.61. The van der Waals surface area contributed by atoms with Crippen molar-refractivity contribution < 1.29 is 9.63 Å². The monoisotopic (exact) mass is 414 g/mol. The molecule has 0 aliphatic carbocycles. The number of carbonyl (C=O) groups excluding carboxylic acids is 1. The molecule has 6 nitrogen and oxygen atoms in total. The number of benzene rings is 2. The predicted octanol–water partition coefficient (Wildman–Crippen LogP) is 3.88. The van der Waals surface area contributed by atoms with E-state index < -0.39 is 0 Å². The van der Waals surface area contributed by atoms with E-state index in [0.717, 1.165) is 23.4 Å². The third-order valence-electron chi connectivity index (χ3n) is 5.22. The van der Waals surface area contributed by atoms with Crippen LogP contribution in [-0.2, 0) is 24.2 Å². The van der Waals surface area contributed by atoms with Gasteiger partial charge in [-0.05, 0) is 29.7 Å². The highest BCUT2D eigenvalue weighted by molar-refractivity contribution is 5.87. The first kappa shape index (κ1) is 20.6. The van der Waals surface area contributed by atoms with Gasteiger partial charge in [0.25, 0.3) is 0 Å². The lowest BCUT2D eigenvalue weighted by Gasteiger charge is -2.23. The summed E-state index contributed by atoms with van der Waals surface area (Å²) in [7, 11) is 0. The van der Waals surface area contributed by atoms with Crippen molar-refractivity contribution in [2.75, 3.05) is 0 Å². The molecule has 0 bridgehead atoms. The number of hydrogen-bond acceptors (Lipinski definition) is 4. The Balaban J connectivity index is 1.38.